The van der Waals surface area contributed by atoms with E-state index in [0.29, 0.717) is 12.8 Å². The van der Waals surface area contributed by atoms with Gasteiger partial charge in [0.2, 0.25) is 0 Å². The molecular weight excluding hydrogens is 381 g/mol. The van der Waals surface area contributed by atoms with Crippen LogP contribution >= 0.6 is 0 Å². The van der Waals surface area contributed by atoms with Gasteiger partial charge in [-0.1, -0.05) is 6.58 Å². The summed E-state index contributed by atoms with van der Waals surface area (Å²) in [6, 6.07) is -0.683. The number of hydrogen-bond donors (Lipinski definition) is 5. The third-order valence-electron chi connectivity index (χ3n) is 2.31. The third kappa shape index (κ3) is 22.6. The van der Waals surface area contributed by atoms with Crippen molar-refractivity contribution in [2.45, 2.75) is 19.8 Å². The number of hydrogen-bond acceptors (Lipinski definition) is 7. The Morgan fingerprint density at radius 1 is 1.15 bits per heavy atom. The fraction of sp³-hybridized carbons (Fsp3) is 0.583. The monoisotopic (exact) mass is 407 g/mol. The van der Waals surface area contributed by atoms with Gasteiger partial charge in [-0.2, -0.15) is 8.42 Å². The molecule has 0 spiro atoms. The molecule has 0 aliphatic heterocycles. The van der Waals surface area contributed by atoms with Crippen LogP contribution in [0.4, 0.5) is 4.79 Å². The zero-order valence-corrected chi connectivity index (χ0v) is 14.8. The molecule has 0 atom stereocenters. The summed E-state index contributed by atoms with van der Waals surface area (Å²) in [5, 5.41) is 6.06. The Balaban J connectivity index is -0.000000951. The number of primary amides is 1. The van der Waals surface area contributed by atoms with E-state index in [9.17, 15) is 18.0 Å². The van der Waals surface area contributed by atoms with Crippen LogP contribution in [0, 0.1) is 5.41 Å². The first kappa shape index (κ1) is 29.4. The second-order valence-electron chi connectivity index (χ2n) is 4.65. The molecule has 0 unspecified atom stereocenters. The zero-order chi connectivity index (χ0) is 20.0. The molecule has 0 bridgehead atoms. The molecule has 0 saturated heterocycles. The van der Waals surface area contributed by atoms with Crippen LogP contribution < -0.4 is 17.2 Å². The van der Waals surface area contributed by atoms with E-state index >= 15 is 0 Å². The van der Waals surface area contributed by atoms with Gasteiger partial charge in [-0.25, -0.2) is 13.8 Å². The van der Waals surface area contributed by atoms with Crippen LogP contribution in [0.1, 0.15) is 19.8 Å². The maximum absolute atomic E-state index is 11.2. The van der Waals surface area contributed by atoms with Crippen molar-refractivity contribution >= 4 is 57.9 Å². The topological polar surface area (TPSA) is 212 Å². The van der Waals surface area contributed by atoms with Crippen molar-refractivity contribution in [3.8, 4) is 0 Å². The summed E-state index contributed by atoms with van der Waals surface area (Å²) in [6.45, 7) is 5.07. The standard InChI is InChI=1S/C11H20N2O7S.CH5N3.Na.H/c1-9(2)10(14)19-8-6-13(11(12)15)5-3-4-7-20-21(16,17)18;2-1(3)4;;/h1,3-8H2,2H3,(H2,12,15)(H,16,17,18);(H5,2,3,4);;. The summed E-state index contributed by atoms with van der Waals surface area (Å²) in [4.78, 5) is 23.5. The minimum absolute atomic E-state index is 0. The van der Waals surface area contributed by atoms with Gasteiger partial charge in [-0.15, -0.1) is 0 Å². The number of carbonyl (C=O) groups is 2. The Labute approximate surface area is 174 Å². The summed E-state index contributed by atoms with van der Waals surface area (Å²) < 4.78 is 37.9. The van der Waals surface area contributed by atoms with Crippen molar-refractivity contribution in [1.82, 2.24) is 4.90 Å². The number of rotatable bonds is 10. The van der Waals surface area contributed by atoms with Crippen molar-refractivity contribution in [3.05, 3.63) is 12.2 Å². The number of carbonyl (C=O) groups excluding carboxylic acids is 2. The van der Waals surface area contributed by atoms with Gasteiger partial charge in [-0.3, -0.25) is 9.96 Å². The van der Waals surface area contributed by atoms with E-state index in [1.807, 2.05) is 0 Å². The number of esters is 1. The van der Waals surface area contributed by atoms with Gasteiger partial charge in [0.05, 0.1) is 13.2 Å². The number of amides is 2. The normalized spacial score (nSPS) is 9.77. The number of nitrogens with two attached hydrogens (primary N) is 3. The van der Waals surface area contributed by atoms with Crippen LogP contribution in [-0.2, 0) is 24.1 Å². The fourth-order valence-corrected chi connectivity index (χ4v) is 1.60. The van der Waals surface area contributed by atoms with Crippen LogP contribution in [0.3, 0.4) is 0 Å². The average Bonchev–Trinajstić information content (AvgIpc) is 2.42. The summed E-state index contributed by atoms with van der Waals surface area (Å²) >= 11 is 0. The van der Waals surface area contributed by atoms with Crippen LogP contribution in [-0.4, -0.2) is 91.7 Å². The van der Waals surface area contributed by atoms with Gasteiger partial charge >= 0.3 is 52.0 Å². The molecule has 0 aromatic heterocycles. The van der Waals surface area contributed by atoms with E-state index in [1.165, 1.54) is 11.8 Å². The third-order valence-corrected chi connectivity index (χ3v) is 2.77. The van der Waals surface area contributed by atoms with E-state index in [1.54, 1.807) is 0 Å². The second-order valence-corrected chi connectivity index (χ2v) is 5.74. The van der Waals surface area contributed by atoms with Gasteiger partial charge in [0.15, 0.2) is 5.96 Å². The van der Waals surface area contributed by atoms with Gasteiger partial charge in [0.1, 0.15) is 6.61 Å². The van der Waals surface area contributed by atoms with Gasteiger partial charge < -0.3 is 26.8 Å². The molecule has 0 rings (SSSR count). The predicted molar refractivity (Wildman–Crippen MR) is 96.9 cm³/mol. The Bertz CT molecular complexity index is 566. The van der Waals surface area contributed by atoms with Gasteiger partial charge in [0.25, 0.3) is 0 Å². The molecule has 0 radical (unpaired) electrons. The number of unbranched alkanes of at least 4 members (excludes halogenated alkanes) is 1. The zero-order valence-electron chi connectivity index (χ0n) is 13.9. The Hall–Kier alpha value is -1.38. The Kier molecular flexibility index (Phi) is 17.9. The molecule has 12 nitrogen and oxygen atoms in total. The van der Waals surface area contributed by atoms with E-state index in [4.69, 9.17) is 20.4 Å². The maximum atomic E-state index is 11.2. The minimum atomic E-state index is -4.44. The molecular formula is C12H26N5NaO7S. The second kappa shape index (κ2) is 15.8. The van der Waals surface area contributed by atoms with Crippen molar-refractivity contribution in [2.75, 3.05) is 26.3 Å². The molecule has 0 saturated carbocycles. The summed E-state index contributed by atoms with van der Waals surface area (Å²) in [5.41, 5.74) is 14.4. The van der Waals surface area contributed by atoms with Crippen molar-refractivity contribution < 1.29 is 31.5 Å². The van der Waals surface area contributed by atoms with Crippen molar-refractivity contribution in [3.63, 3.8) is 0 Å². The van der Waals surface area contributed by atoms with Gasteiger partial charge in [-0.05, 0) is 19.8 Å². The molecule has 0 fully saturated rings. The first-order chi connectivity index (χ1) is 11.4. The summed E-state index contributed by atoms with van der Waals surface area (Å²) in [6.07, 6.45) is 0.710. The van der Waals surface area contributed by atoms with Crippen molar-refractivity contribution in [1.29, 1.82) is 5.41 Å². The number of ether oxygens (including phenoxy) is 1. The number of nitrogens with zero attached hydrogens (tertiary/aromatic N) is 1. The molecule has 0 heterocycles. The van der Waals surface area contributed by atoms with Crippen LogP contribution in [0.15, 0.2) is 12.2 Å². The quantitative estimate of drug-likeness (QED) is 0.0529. The first-order valence-corrected chi connectivity index (χ1v) is 8.31. The molecule has 26 heavy (non-hydrogen) atoms. The SMILES string of the molecule is C=C(C)C(=O)OCCN(CCCCOS(=O)(=O)O)C(N)=O.N=C(N)N.[NaH]. The Morgan fingerprint density at radius 2 is 1.65 bits per heavy atom. The first-order valence-electron chi connectivity index (χ1n) is 6.95. The van der Waals surface area contributed by atoms with Crippen LogP contribution in [0.5, 0.6) is 0 Å². The number of guanidine groups is 1. The number of nitrogens with one attached hydrogen (secondary N) is 1. The molecule has 0 aromatic rings. The molecule has 14 heteroatoms. The predicted octanol–water partition coefficient (Wildman–Crippen LogP) is -1.72. The van der Waals surface area contributed by atoms with Gasteiger partial charge in [0, 0.05) is 12.1 Å². The van der Waals surface area contributed by atoms with E-state index < -0.39 is 22.4 Å². The molecule has 0 aromatic carbocycles. The molecule has 8 N–H and O–H groups in total. The van der Waals surface area contributed by atoms with Crippen LogP contribution in [0.25, 0.3) is 0 Å². The summed E-state index contributed by atoms with van der Waals surface area (Å²) in [7, 11) is -4.44. The van der Waals surface area contributed by atoms with E-state index in [0.717, 1.165) is 0 Å². The Morgan fingerprint density at radius 3 is 2.04 bits per heavy atom. The molecule has 148 valence electrons. The molecule has 2 amide bonds. The summed E-state index contributed by atoms with van der Waals surface area (Å²) in [5.74, 6) is -0.888. The van der Waals surface area contributed by atoms with E-state index in [2.05, 4.69) is 22.2 Å². The average molecular weight is 407 g/mol. The molecule has 0 aliphatic carbocycles. The van der Waals surface area contributed by atoms with Crippen molar-refractivity contribution in [2.24, 2.45) is 17.2 Å². The van der Waals surface area contributed by atoms with E-state index in [-0.39, 0.29) is 67.4 Å². The number of urea groups is 1. The molecule has 0 aliphatic rings. The fourth-order valence-electron chi connectivity index (χ4n) is 1.27. The van der Waals surface area contributed by atoms with Crippen LogP contribution in [0.2, 0.25) is 0 Å².